The topological polar surface area (TPSA) is 88.2 Å². The van der Waals surface area contributed by atoms with E-state index in [0.29, 0.717) is 21.5 Å². The predicted molar refractivity (Wildman–Crippen MR) is 140 cm³/mol. The van der Waals surface area contributed by atoms with E-state index in [-0.39, 0.29) is 16.6 Å². The van der Waals surface area contributed by atoms with Gasteiger partial charge in [0, 0.05) is 54.6 Å². The lowest BCUT2D eigenvalue weighted by atomic mass is 10.0. The first kappa shape index (κ1) is 24.5. The Morgan fingerprint density at radius 1 is 1.00 bits per heavy atom. The molecule has 0 aliphatic carbocycles. The summed E-state index contributed by atoms with van der Waals surface area (Å²) in [5.41, 5.74) is 3.10. The summed E-state index contributed by atoms with van der Waals surface area (Å²) in [4.78, 5) is 4.66. The molecule has 36 heavy (non-hydrogen) atoms. The zero-order valence-corrected chi connectivity index (χ0v) is 21.8. The number of pyridine rings is 1. The minimum atomic E-state index is -3.95. The van der Waals surface area contributed by atoms with Gasteiger partial charge in [-0.1, -0.05) is 35.9 Å². The van der Waals surface area contributed by atoms with Crippen molar-refractivity contribution >= 4 is 43.6 Å². The molecular formula is C26H25ClN4O4S. The number of fused-ring (bicyclic) bond motifs is 2. The lowest BCUT2D eigenvalue weighted by molar-refractivity contribution is -0.106. The normalized spacial score (nSPS) is 12.4. The third kappa shape index (κ3) is 3.88. The zero-order valence-electron chi connectivity index (χ0n) is 20.2. The van der Waals surface area contributed by atoms with Gasteiger partial charge in [-0.15, -0.1) is 0 Å². The number of halogens is 1. The molecule has 0 radical (unpaired) electrons. The fourth-order valence-electron chi connectivity index (χ4n) is 4.40. The van der Waals surface area contributed by atoms with Crippen LogP contribution in [0.3, 0.4) is 0 Å². The highest BCUT2D eigenvalue weighted by Gasteiger charge is 2.27. The fraction of sp³-hybridized carbons (Fsp3) is 0.231. The van der Waals surface area contributed by atoms with E-state index in [1.165, 1.54) is 24.4 Å². The summed E-state index contributed by atoms with van der Waals surface area (Å²) in [6.07, 6.45) is 4.09. The quantitative estimate of drug-likeness (QED) is 0.249. The molecule has 0 unspecified atom stereocenters. The predicted octanol–water partition coefficient (Wildman–Crippen LogP) is 5.82. The van der Waals surface area contributed by atoms with E-state index in [1.54, 1.807) is 42.7 Å². The van der Waals surface area contributed by atoms with Crippen molar-refractivity contribution < 1.29 is 17.9 Å². The van der Waals surface area contributed by atoms with Crippen LogP contribution in [0.15, 0.2) is 72.0 Å². The molecule has 3 heterocycles. The van der Waals surface area contributed by atoms with E-state index in [0.717, 1.165) is 16.5 Å². The van der Waals surface area contributed by atoms with E-state index >= 15 is 0 Å². The number of rotatable bonds is 7. The molecule has 0 saturated heterocycles. The lowest BCUT2D eigenvalue weighted by Crippen LogP contribution is -2.13. The third-order valence-corrected chi connectivity index (χ3v) is 8.20. The molecule has 3 aromatic heterocycles. The number of hydrogen-bond acceptors (Lipinski definition) is 6. The molecule has 0 spiro atoms. The van der Waals surface area contributed by atoms with E-state index in [4.69, 9.17) is 21.1 Å². The van der Waals surface area contributed by atoms with Crippen molar-refractivity contribution in [2.45, 2.75) is 31.1 Å². The summed E-state index contributed by atoms with van der Waals surface area (Å²) in [5, 5.41) is 6.23. The van der Waals surface area contributed by atoms with Gasteiger partial charge in [0.2, 0.25) is 0 Å². The zero-order chi connectivity index (χ0) is 25.6. The monoisotopic (exact) mass is 524 g/mol. The van der Waals surface area contributed by atoms with E-state index in [1.807, 2.05) is 22.9 Å². The van der Waals surface area contributed by atoms with Crippen molar-refractivity contribution in [1.29, 1.82) is 0 Å². The van der Waals surface area contributed by atoms with Crippen molar-refractivity contribution in [2.75, 3.05) is 14.2 Å². The summed E-state index contributed by atoms with van der Waals surface area (Å²) >= 11 is 6.90. The molecule has 0 N–H and O–H groups in total. The largest absolute Gasteiger partial charge is 0.352 e. The Morgan fingerprint density at radius 3 is 2.39 bits per heavy atom. The maximum Gasteiger partial charge on any atom is 0.269 e. The average molecular weight is 525 g/mol. The summed E-state index contributed by atoms with van der Waals surface area (Å²) in [6.45, 7) is 4.13. The minimum absolute atomic E-state index is 0.149. The van der Waals surface area contributed by atoms with E-state index in [9.17, 15) is 8.42 Å². The van der Waals surface area contributed by atoms with Crippen LogP contribution in [-0.2, 0) is 19.5 Å². The molecule has 0 aliphatic rings. The average Bonchev–Trinajstić information content (AvgIpc) is 3.49. The molecule has 0 saturated carbocycles. The molecule has 10 heteroatoms. The second-order valence-corrected chi connectivity index (χ2v) is 10.8. The van der Waals surface area contributed by atoms with Crippen LogP contribution in [0.4, 0.5) is 0 Å². The first-order valence-corrected chi connectivity index (χ1v) is 13.1. The Morgan fingerprint density at radius 2 is 1.72 bits per heavy atom. The minimum Gasteiger partial charge on any atom is -0.352 e. The number of nitrogens with zero attached hydrogens (tertiary/aromatic N) is 4. The highest BCUT2D eigenvalue weighted by molar-refractivity contribution is 7.90. The number of ether oxygens (including phenoxy) is 2. The number of aromatic nitrogens is 4. The second-order valence-electron chi connectivity index (χ2n) is 8.64. The molecule has 0 fully saturated rings. The van der Waals surface area contributed by atoms with Gasteiger partial charge in [-0.2, -0.15) is 5.10 Å². The standard InChI is InChI=1S/C26H25ClN4O4S/c1-16(2)31-22-11-10-17(12-18(22)13-29-31)21-15-30(36(32,33)19-8-6-5-7-9-19)25-23(21)24(27)20(14-28-25)26(34-3)35-4/h5-16,26H,1-4H3. The summed E-state index contributed by atoms with van der Waals surface area (Å²) in [5.74, 6) is 0. The van der Waals surface area contributed by atoms with Gasteiger partial charge >= 0.3 is 0 Å². The highest BCUT2D eigenvalue weighted by Crippen LogP contribution is 2.40. The molecule has 0 amide bonds. The SMILES string of the molecule is COC(OC)c1cnc2c(c(-c3ccc4c(cnn4C(C)C)c3)cn2S(=O)(=O)c2ccccc2)c1Cl. The van der Waals surface area contributed by atoms with Crippen molar-refractivity contribution in [1.82, 2.24) is 18.7 Å². The number of hydrogen-bond donors (Lipinski definition) is 0. The third-order valence-electron chi connectivity index (χ3n) is 6.12. The maximum absolute atomic E-state index is 13.6. The van der Waals surface area contributed by atoms with Crippen molar-refractivity contribution in [3.05, 3.63) is 77.7 Å². The van der Waals surface area contributed by atoms with Crippen LogP contribution < -0.4 is 0 Å². The van der Waals surface area contributed by atoms with Gasteiger partial charge in [-0.25, -0.2) is 17.4 Å². The Bertz CT molecular complexity index is 1670. The summed E-state index contributed by atoms with van der Waals surface area (Å²) in [6, 6.07) is 14.3. The van der Waals surface area contributed by atoms with Crippen molar-refractivity contribution in [2.24, 2.45) is 0 Å². The van der Waals surface area contributed by atoms with Gasteiger partial charge in [0.1, 0.15) is 0 Å². The second kappa shape index (κ2) is 9.33. The van der Waals surface area contributed by atoms with Gasteiger partial charge in [0.25, 0.3) is 10.0 Å². The maximum atomic E-state index is 13.6. The number of methoxy groups -OCH3 is 2. The summed E-state index contributed by atoms with van der Waals surface area (Å²) < 4.78 is 41.2. The molecule has 8 nitrogen and oxygen atoms in total. The van der Waals surface area contributed by atoms with Crippen molar-refractivity contribution in [3.8, 4) is 11.1 Å². The van der Waals surface area contributed by atoms with Gasteiger partial charge in [0.15, 0.2) is 11.9 Å². The van der Waals surface area contributed by atoms with Crippen LogP contribution in [0.5, 0.6) is 0 Å². The van der Waals surface area contributed by atoms with Crippen LogP contribution in [-0.4, -0.2) is 41.4 Å². The highest BCUT2D eigenvalue weighted by atomic mass is 35.5. The van der Waals surface area contributed by atoms with E-state index < -0.39 is 16.3 Å². The molecule has 2 aromatic carbocycles. The fourth-order valence-corrected chi connectivity index (χ4v) is 6.06. The van der Waals surface area contributed by atoms with Gasteiger partial charge in [0.05, 0.1) is 21.6 Å². The Hall–Kier alpha value is -3.24. The Kier molecular flexibility index (Phi) is 6.34. The molecule has 5 rings (SSSR count). The van der Waals surface area contributed by atoms with Crippen molar-refractivity contribution in [3.63, 3.8) is 0 Å². The van der Waals surface area contributed by atoms with Crippen LogP contribution in [0, 0.1) is 0 Å². The molecule has 186 valence electrons. The van der Waals surface area contributed by atoms with Crippen LogP contribution >= 0.6 is 11.6 Å². The van der Waals surface area contributed by atoms with Gasteiger partial charge in [-0.05, 0) is 43.7 Å². The molecular weight excluding hydrogens is 500 g/mol. The van der Waals surface area contributed by atoms with Crippen LogP contribution in [0.2, 0.25) is 5.02 Å². The Labute approximate surface area is 214 Å². The number of benzene rings is 2. The molecule has 5 aromatic rings. The first-order valence-electron chi connectivity index (χ1n) is 11.3. The summed E-state index contributed by atoms with van der Waals surface area (Å²) in [7, 11) is -0.945. The molecule has 0 aliphatic heterocycles. The first-order chi connectivity index (χ1) is 17.3. The van der Waals surface area contributed by atoms with E-state index in [2.05, 4.69) is 23.9 Å². The van der Waals surface area contributed by atoms with Crippen LogP contribution in [0.25, 0.3) is 33.1 Å². The van der Waals surface area contributed by atoms with Crippen LogP contribution in [0.1, 0.15) is 31.7 Å². The smallest absolute Gasteiger partial charge is 0.269 e. The molecule has 0 bridgehead atoms. The van der Waals surface area contributed by atoms with Gasteiger partial charge < -0.3 is 9.47 Å². The lowest BCUT2D eigenvalue weighted by Gasteiger charge is -2.16. The molecule has 0 atom stereocenters. The van der Waals surface area contributed by atoms with Gasteiger partial charge in [-0.3, -0.25) is 4.68 Å². The Balaban J connectivity index is 1.81.